The van der Waals surface area contributed by atoms with E-state index in [2.05, 4.69) is 15.6 Å². The SMILES string of the molecule is CCNC(=NCc1cc(F)ccc1CS(C)(=O)=O)NCCC(OCC)C1CCCC1.I. The van der Waals surface area contributed by atoms with Crippen LogP contribution in [0.5, 0.6) is 0 Å². The van der Waals surface area contributed by atoms with Crippen LogP contribution in [-0.2, 0) is 26.9 Å². The Balaban J connectivity index is 0.00000480. The van der Waals surface area contributed by atoms with Gasteiger partial charge in [-0.2, -0.15) is 0 Å². The molecule has 2 rings (SSSR count). The van der Waals surface area contributed by atoms with Crippen molar-refractivity contribution in [1.82, 2.24) is 10.6 Å². The standard InChI is InChI=1S/C22H36FN3O3S.HI/c1-4-24-22(25-13-12-21(29-5-2)17-8-6-7-9-17)26-15-19-14-20(23)11-10-18(19)16-30(3,27)28;/h10-11,14,17,21H,4-9,12-13,15-16H2,1-3H3,(H2,24,25,26);1H. The van der Waals surface area contributed by atoms with Crippen LogP contribution in [0.1, 0.15) is 57.1 Å². The second-order valence-electron chi connectivity index (χ2n) is 7.93. The van der Waals surface area contributed by atoms with Crippen LogP contribution in [0.4, 0.5) is 4.39 Å². The van der Waals surface area contributed by atoms with E-state index in [4.69, 9.17) is 4.74 Å². The van der Waals surface area contributed by atoms with E-state index in [-0.39, 0.29) is 42.4 Å². The van der Waals surface area contributed by atoms with Crippen molar-refractivity contribution in [3.05, 3.63) is 35.1 Å². The van der Waals surface area contributed by atoms with Gasteiger partial charge in [0.25, 0.3) is 0 Å². The van der Waals surface area contributed by atoms with Gasteiger partial charge in [0.15, 0.2) is 15.8 Å². The Hall–Kier alpha value is -0.940. The molecule has 0 spiro atoms. The van der Waals surface area contributed by atoms with E-state index in [9.17, 15) is 12.8 Å². The highest BCUT2D eigenvalue weighted by atomic mass is 127. The third-order valence-electron chi connectivity index (χ3n) is 5.37. The third-order valence-corrected chi connectivity index (χ3v) is 6.20. The van der Waals surface area contributed by atoms with Crippen LogP contribution in [0.25, 0.3) is 0 Å². The summed E-state index contributed by atoms with van der Waals surface area (Å²) in [7, 11) is -3.21. The lowest BCUT2D eigenvalue weighted by molar-refractivity contribution is 0.0169. The average Bonchev–Trinajstić information content (AvgIpc) is 3.21. The molecule has 178 valence electrons. The molecule has 1 saturated carbocycles. The minimum atomic E-state index is -3.21. The molecule has 0 heterocycles. The maximum Gasteiger partial charge on any atom is 0.191 e. The van der Waals surface area contributed by atoms with Crippen molar-refractivity contribution in [3.63, 3.8) is 0 Å². The number of nitrogens with zero attached hydrogens (tertiary/aromatic N) is 1. The lowest BCUT2D eigenvalue weighted by Crippen LogP contribution is -2.39. The summed E-state index contributed by atoms with van der Waals surface area (Å²) in [5.41, 5.74) is 1.16. The second kappa shape index (κ2) is 14.3. The molecule has 0 saturated heterocycles. The van der Waals surface area contributed by atoms with Crippen molar-refractivity contribution < 1.29 is 17.5 Å². The molecule has 2 N–H and O–H groups in total. The number of halogens is 2. The summed E-state index contributed by atoms with van der Waals surface area (Å²) in [5.74, 6) is 0.747. The van der Waals surface area contributed by atoms with Crippen molar-refractivity contribution in [2.75, 3.05) is 26.0 Å². The lowest BCUT2D eigenvalue weighted by Gasteiger charge is -2.24. The number of hydrogen-bond acceptors (Lipinski definition) is 4. The van der Waals surface area contributed by atoms with E-state index < -0.39 is 15.7 Å². The molecule has 1 atom stereocenters. The molecule has 6 nitrogen and oxygen atoms in total. The minimum absolute atomic E-state index is 0. The first kappa shape index (κ1) is 28.1. The monoisotopic (exact) mass is 569 g/mol. The highest BCUT2D eigenvalue weighted by Gasteiger charge is 2.25. The zero-order valence-corrected chi connectivity index (χ0v) is 22.0. The molecule has 0 amide bonds. The Morgan fingerprint density at radius 1 is 1.23 bits per heavy atom. The molecule has 0 aliphatic heterocycles. The molecule has 1 aromatic carbocycles. The number of nitrogens with one attached hydrogen (secondary N) is 2. The van der Waals surface area contributed by atoms with Gasteiger partial charge in [0, 0.05) is 26.0 Å². The van der Waals surface area contributed by atoms with Crippen molar-refractivity contribution in [2.24, 2.45) is 10.9 Å². The summed E-state index contributed by atoms with van der Waals surface area (Å²) in [4.78, 5) is 4.55. The van der Waals surface area contributed by atoms with Crippen LogP contribution < -0.4 is 10.6 Å². The molecule has 31 heavy (non-hydrogen) atoms. The summed E-state index contributed by atoms with van der Waals surface area (Å²) < 4.78 is 43.1. The zero-order chi connectivity index (χ0) is 22.0. The summed E-state index contributed by atoms with van der Waals surface area (Å²) in [6.45, 7) is 6.37. The topological polar surface area (TPSA) is 79.8 Å². The quantitative estimate of drug-likeness (QED) is 0.239. The zero-order valence-electron chi connectivity index (χ0n) is 18.8. The summed E-state index contributed by atoms with van der Waals surface area (Å²) in [6.07, 6.45) is 7.39. The van der Waals surface area contributed by atoms with Gasteiger partial charge < -0.3 is 15.4 Å². The normalized spacial score (nSPS) is 16.1. The van der Waals surface area contributed by atoms with Gasteiger partial charge in [0.05, 0.1) is 18.4 Å². The first-order chi connectivity index (χ1) is 14.3. The van der Waals surface area contributed by atoms with Crippen LogP contribution >= 0.6 is 24.0 Å². The Morgan fingerprint density at radius 2 is 1.94 bits per heavy atom. The highest BCUT2D eigenvalue weighted by Crippen LogP contribution is 2.30. The molecule has 9 heteroatoms. The van der Waals surface area contributed by atoms with Crippen LogP contribution in [-0.4, -0.2) is 46.4 Å². The van der Waals surface area contributed by atoms with E-state index in [1.165, 1.54) is 50.1 Å². The number of sulfone groups is 1. The average molecular weight is 570 g/mol. The van der Waals surface area contributed by atoms with Gasteiger partial charge in [-0.1, -0.05) is 18.9 Å². The number of ether oxygens (including phenoxy) is 1. The Bertz CT molecular complexity index is 799. The smallest absolute Gasteiger partial charge is 0.191 e. The molecule has 1 unspecified atom stereocenters. The predicted octanol–water partition coefficient (Wildman–Crippen LogP) is 4.03. The van der Waals surface area contributed by atoms with Crippen LogP contribution in [0.2, 0.25) is 0 Å². The molecule has 0 radical (unpaired) electrons. The van der Waals surface area contributed by atoms with E-state index in [0.29, 0.717) is 29.5 Å². The number of benzene rings is 1. The van der Waals surface area contributed by atoms with Gasteiger partial charge in [-0.05, 0) is 62.3 Å². The van der Waals surface area contributed by atoms with Crippen LogP contribution in [0.15, 0.2) is 23.2 Å². The fourth-order valence-corrected chi connectivity index (χ4v) is 4.85. The van der Waals surface area contributed by atoms with Crippen LogP contribution in [0, 0.1) is 11.7 Å². The van der Waals surface area contributed by atoms with E-state index in [1.54, 1.807) is 0 Å². The maximum absolute atomic E-state index is 13.7. The Kier molecular flexibility index (Phi) is 12.9. The maximum atomic E-state index is 13.7. The van der Waals surface area contributed by atoms with Gasteiger partial charge in [-0.25, -0.2) is 17.8 Å². The molecular formula is C22H37FIN3O3S. The van der Waals surface area contributed by atoms with Crippen molar-refractivity contribution in [2.45, 2.75) is 64.4 Å². The van der Waals surface area contributed by atoms with E-state index >= 15 is 0 Å². The Labute approximate surface area is 203 Å². The second-order valence-corrected chi connectivity index (χ2v) is 10.1. The largest absolute Gasteiger partial charge is 0.378 e. The van der Waals surface area contributed by atoms with E-state index in [0.717, 1.165) is 19.6 Å². The first-order valence-corrected chi connectivity index (χ1v) is 13.0. The summed E-state index contributed by atoms with van der Waals surface area (Å²) >= 11 is 0. The minimum Gasteiger partial charge on any atom is -0.378 e. The third kappa shape index (κ3) is 10.5. The van der Waals surface area contributed by atoms with Gasteiger partial charge in [-0.15, -0.1) is 24.0 Å². The molecule has 0 aromatic heterocycles. The molecule has 1 aliphatic carbocycles. The molecule has 1 aromatic rings. The van der Waals surface area contributed by atoms with Gasteiger partial charge in [0.2, 0.25) is 0 Å². The Morgan fingerprint density at radius 3 is 2.55 bits per heavy atom. The predicted molar refractivity (Wildman–Crippen MR) is 135 cm³/mol. The molecule has 1 fully saturated rings. The highest BCUT2D eigenvalue weighted by molar-refractivity contribution is 14.0. The lowest BCUT2D eigenvalue weighted by atomic mass is 9.98. The first-order valence-electron chi connectivity index (χ1n) is 10.9. The summed E-state index contributed by atoms with van der Waals surface area (Å²) in [5, 5.41) is 6.53. The molecule has 1 aliphatic rings. The van der Waals surface area contributed by atoms with Gasteiger partial charge >= 0.3 is 0 Å². The van der Waals surface area contributed by atoms with Crippen molar-refractivity contribution in [1.29, 1.82) is 0 Å². The van der Waals surface area contributed by atoms with Crippen LogP contribution in [0.3, 0.4) is 0 Å². The van der Waals surface area contributed by atoms with E-state index in [1.807, 2.05) is 13.8 Å². The number of rotatable bonds is 11. The number of guanidine groups is 1. The van der Waals surface area contributed by atoms with Crippen molar-refractivity contribution >= 4 is 39.8 Å². The number of aliphatic imine (C=N–C) groups is 1. The number of hydrogen-bond donors (Lipinski definition) is 2. The van der Waals surface area contributed by atoms with Gasteiger partial charge in [-0.3, -0.25) is 0 Å². The fraction of sp³-hybridized carbons (Fsp3) is 0.682. The van der Waals surface area contributed by atoms with Gasteiger partial charge in [0.1, 0.15) is 5.82 Å². The fourth-order valence-electron chi connectivity index (χ4n) is 4.00. The molecular weight excluding hydrogens is 532 g/mol. The summed E-state index contributed by atoms with van der Waals surface area (Å²) in [6, 6.07) is 4.17. The van der Waals surface area contributed by atoms with Crippen molar-refractivity contribution in [3.8, 4) is 0 Å². The molecule has 0 bridgehead atoms.